The minimum absolute atomic E-state index is 0.152. The number of ether oxygens (including phenoxy) is 3. The molecule has 174 valence electrons. The predicted octanol–water partition coefficient (Wildman–Crippen LogP) is 3.13. The SMILES string of the molecule is CCC(NC(=O)OC(C)(C)C)(NC(=O)OC(C)(C)C)C(=O)ONC(=O)OC(C)(C)C. The van der Waals surface area contributed by atoms with Gasteiger partial charge < -0.3 is 19.0 Å². The van der Waals surface area contributed by atoms with Crippen LogP contribution in [0, 0.1) is 0 Å². The summed E-state index contributed by atoms with van der Waals surface area (Å²) in [6.07, 6.45) is -3.17. The van der Waals surface area contributed by atoms with E-state index in [0.717, 1.165) is 0 Å². The molecule has 30 heavy (non-hydrogen) atoms. The van der Waals surface area contributed by atoms with Crippen LogP contribution in [0.15, 0.2) is 0 Å². The number of hydroxylamine groups is 1. The van der Waals surface area contributed by atoms with Crippen molar-refractivity contribution in [2.45, 2.75) is 98.1 Å². The first-order chi connectivity index (χ1) is 13.3. The van der Waals surface area contributed by atoms with Gasteiger partial charge in [0.15, 0.2) is 0 Å². The van der Waals surface area contributed by atoms with Crippen LogP contribution >= 0.6 is 0 Å². The maximum Gasteiger partial charge on any atom is 0.441 e. The van der Waals surface area contributed by atoms with E-state index >= 15 is 0 Å². The van der Waals surface area contributed by atoms with Crippen molar-refractivity contribution in [3.63, 3.8) is 0 Å². The van der Waals surface area contributed by atoms with E-state index in [2.05, 4.69) is 10.6 Å². The number of amides is 3. The molecule has 11 nitrogen and oxygen atoms in total. The lowest BCUT2D eigenvalue weighted by molar-refractivity contribution is -0.160. The van der Waals surface area contributed by atoms with E-state index < -0.39 is 46.7 Å². The second-order valence-corrected chi connectivity index (χ2v) is 9.51. The topological polar surface area (TPSA) is 141 Å². The molecule has 11 heteroatoms. The van der Waals surface area contributed by atoms with Crippen molar-refractivity contribution in [1.29, 1.82) is 0 Å². The fourth-order valence-electron chi connectivity index (χ4n) is 1.88. The van der Waals surface area contributed by atoms with Gasteiger partial charge in [-0.15, -0.1) is 5.48 Å². The molecule has 0 rings (SSSR count). The Hall–Kier alpha value is -2.72. The summed E-state index contributed by atoms with van der Waals surface area (Å²) in [4.78, 5) is 53.8. The lowest BCUT2D eigenvalue weighted by Crippen LogP contribution is -2.67. The van der Waals surface area contributed by atoms with Gasteiger partial charge >= 0.3 is 24.2 Å². The highest BCUT2D eigenvalue weighted by Crippen LogP contribution is 2.15. The van der Waals surface area contributed by atoms with Crippen LogP contribution in [0.2, 0.25) is 0 Å². The minimum atomic E-state index is -2.08. The summed E-state index contributed by atoms with van der Waals surface area (Å²) in [5.41, 5.74) is -2.82. The van der Waals surface area contributed by atoms with Gasteiger partial charge in [0, 0.05) is 0 Å². The van der Waals surface area contributed by atoms with Crippen molar-refractivity contribution in [2.24, 2.45) is 0 Å². The molecule has 0 radical (unpaired) electrons. The first-order valence-electron chi connectivity index (χ1n) is 9.51. The molecule has 0 saturated carbocycles. The van der Waals surface area contributed by atoms with Gasteiger partial charge in [0.05, 0.1) is 0 Å². The molecule has 0 aromatic carbocycles. The van der Waals surface area contributed by atoms with Crippen LogP contribution in [0.25, 0.3) is 0 Å². The number of nitrogens with one attached hydrogen (secondary N) is 3. The van der Waals surface area contributed by atoms with Crippen molar-refractivity contribution in [1.82, 2.24) is 16.1 Å². The number of hydrogen-bond donors (Lipinski definition) is 3. The maximum atomic E-state index is 12.7. The maximum absolute atomic E-state index is 12.7. The molecule has 0 fully saturated rings. The summed E-state index contributed by atoms with van der Waals surface area (Å²) in [5.74, 6) is -1.19. The summed E-state index contributed by atoms with van der Waals surface area (Å²) in [6.45, 7) is 16.1. The average Bonchev–Trinajstić information content (AvgIpc) is 2.46. The zero-order valence-electron chi connectivity index (χ0n) is 19.5. The molecule has 0 unspecified atom stereocenters. The van der Waals surface area contributed by atoms with E-state index in [1.807, 2.05) is 5.48 Å². The summed E-state index contributed by atoms with van der Waals surface area (Å²) >= 11 is 0. The normalized spacial score (nSPS) is 12.3. The zero-order valence-corrected chi connectivity index (χ0v) is 19.5. The second kappa shape index (κ2) is 9.86. The van der Waals surface area contributed by atoms with Crippen LogP contribution in [0.1, 0.15) is 75.7 Å². The van der Waals surface area contributed by atoms with Crippen LogP contribution < -0.4 is 16.1 Å². The molecule has 0 heterocycles. The van der Waals surface area contributed by atoms with Crippen molar-refractivity contribution >= 4 is 24.2 Å². The Morgan fingerprint density at radius 3 is 1.27 bits per heavy atom. The van der Waals surface area contributed by atoms with Crippen LogP contribution in [-0.2, 0) is 23.8 Å². The van der Waals surface area contributed by atoms with Gasteiger partial charge in [0.1, 0.15) is 16.8 Å². The summed E-state index contributed by atoms with van der Waals surface area (Å²) < 4.78 is 15.3. The molecule has 0 aliphatic rings. The molecule has 0 bridgehead atoms. The van der Waals surface area contributed by atoms with E-state index in [1.165, 1.54) is 6.92 Å². The van der Waals surface area contributed by atoms with Gasteiger partial charge in [0.2, 0.25) is 5.66 Å². The Bertz CT molecular complexity index is 612. The molecule has 0 saturated heterocycles. The third-order valence-corrected chi connectivity index (χ3v) is 2.93. The van der Waals surface area contributed by atoms with Crippen molar-refractivity contribution in [2.75, 3.05) is 0 Å². The van der Waals surface area contributed by atoms with Gasteiger partial charge in [-0.25, -0.2) is 19.2 Å². The first-order valence-corrected chi connectivity index (χ1v) is 9.51. The van der Waals surface area contributed by atoms with E-state index in [4.69, 9.17) is 19.0 Å². The lowest BCUT2D eigenvalue weighted by atomic mass is 10.1. The van der Waals surface area contributed by atoms with Crippen molar-refractivity contribution < 1.29 is 38.2 Å². The molecule has 3 N–H and O–H groups in total. The van der Waals surface area contributed by atoms with Gasteiger partial charge in [-0.05, 0) is 68.7 Å². The Morgan fingerprint density at radius 1 is 0.633 bits per heavy atom. The molecule has 3 amide bonds. The smallest absolute Gasteiger partial charge is 0.441 e. The first kappa shape index (κ1) is 27.3. The van der Waals surface area contributed by atoms with Crippen molar-refractivity contribution in [3.05, 3.63) is 0 Å². The molecular formula is C19H35N3O8. The Kier molecular flexibility index (Phi) is 8.96. The van der Waals surface area contributed by atoms with E-state index in [-0.39, 0.29) is 6.42 Å². The van der Waals surface area contributed by atoms with Gasteiger partial charge in [0.25, 0.3) is 0 Å². The quantitative estimate of drug-likeness (QED) is 0.349. The molecule has 0 spiro atoms. The number of carbonyl (C=O) groups is 4. The Labute approximate surface area is 177 Å². The standard InChI is InChI=1S/C19H35N3O8/c1-11-19(20-13(24)27-16(2,3)4,21-14(25)28-17(5,6)7)12(23)30-22-15(26)29-18(8,9)10/h11H2,1-10H3,(H,20,24)(H,21,25)(H,22,26). The molecular weight excluding hydrogens is 398 g/mol. The number of alkyl carbamates (subject to hydrolysis) is 2. The Morgan fingerprint density at radius 2 is 0.967 bits per heavy atom. The van der Waals surface area contributed by atoms with Gasteiger partial charge in [-0.2, -0.15) is 0 Å². The van der Waals surface area contributed by atoms with Gasteiger partial charge in [-0.3, -0.25) is 10.6 Å². The lowest BCUT2D eigenvalue weighted by Gasteiger charge is -2.33. The zero-order chi connectivity index (χ0) is 24.0. The second-order valence-electron chi connectivity index (χ2n) is 9.51. The van der Waals surface area contributed by atoms with Crippen LogP contribution in [0.4, 0.5) is 14.4 Å². The van der Waals surface area contributed by atoms with Gasteiger partial charge in [-0.1, -0.05) is 6.92 Å². The Balaban J connectivity index is 5.55. The summed E-state index contributed by atoms with van der Waals surface area (Å²) in [5, 5.41) is 4.57. The van der Waals surface area contributed by atoms with Crippen LogP contribution in [-0.4, -0.2) is 46.7 Å². The molecule has 0 aromatic rings. The highest BCUT2D eigenvalue weighted by Gasteiger charge is 2.44. The predicted molar refractivity (Wildman–Crippen MR) is 107 cm³/mol. The summed E-state index contributed by atoms with van der Waals surface area (Å²) in [6, 6.07) is 0. The highest BCUT2D eigenvalue weighted by molar-refractivity contribution is 5.89. The minimum Gasteiger partial charge on any atom is -0.444 e. The van der Waals surface area contributed by atoms with Crippen LogP contribution in [0.3, 0.4) is 0 Å². The third kappa shape index (κ3) is 11.3. The van der Waals surface area contributed by atoms with E-state index in [0.29, 0.717) is 0 Å². The fraction of sp³-hybridized carbons (Fsp3) is 0.789. The average molecular weight is 434 g/mol. The monoisotopic (exact) mass is 433 g/mol. The molecule has 0 aromatic heterocycles. The van der Waals surface area contributed by atoms with E-state index in [9.17, 15) is 19.2 Å². The summed E-state index contributed by atoms with van der Waals surface area (Å²) in [7, 11) is 0. The number of rotatable bonds is 4. The number of carbonyl (C=O) groups excluding carboxylic acids is 4. The largest absolute Gasteiger partial charge is 0.444 e. The van der Waals surface area contributed by atoms with Crippen LogP contribution in [0.5, 0.6) is 0 Å². The number of hydrogen-bond acceptors (Lipinski definition) is 8. The van der Waals surface area contributed by atoms with E-state index in [1.54, 1.807) is 62.3 Å². The third-order valence-electron chi connectivity index (χ3n) is 2.93. The fourth-order valence-corrected chi connectivity index (χ4v) is 1.88. The molecule has 0 aliphatic heterocycles. The highest BCUT2D eigenvalue weighted by atomic mass is 16.7. The molecule has 0 aliphatic carbocycles. The van der Waals surface area contributed by atoms with Crippen molar-refractivity contribution in [3.8, 4) is 0 Å². The molecule has 0 atom stereocenters.